The van der Waals surface area contributed by atoms with Crippen LogP contribution in [-0.4, -0.2) is 11.9 Å². The molecule has 2 aromatic rings. The zero-order valence-corrected chi connectivity index (χ0v) is 12.5. The molecule has 0 aliphatic heterocycles. The van der Waals surface area contributed by atoms with Crippen molar-refractivity contribution in [2.45, 2.75) is 40.2 Å². The fourth-order valence-electron chi connectivity index (χ4n) is 2.65. The lowest BCUT2D eigenvalue weighted by Gasteiger charge is -2.16. The van der Waals surface area contributed by atoms with E-state index in [0.717, 1.165) is 28.7 Å². The number of aryl methyl sites for hydroxylation is 3. The van der Waals surface area contributed by atoms with Gasteiger partial charge in [0, 0.05) is 11.6 Å². The molecule has 0 saturated carbocycles. The van der Waals surface area contributed by atoms with Crippen molar-refractivity contribution in [3.63, 3.8) is 0 Å². The van der Waals surface area contributed by atoms with E-state index in [2.05, 4.69) is 5.32 Å². The molecule has 0 saturated heterocycles. The Morgan fingerprint density at radius 3 is 2.45 bits per heavy atom. The second-order valence-corrected chi connectivity index (χ2v) is 5.48. The SMILES string of the molecule is Cc1cc(C)c(C(=O)NC(C)Cc2ccoc2)c(C)c1. The van der Waals surface area contributed by atoms with E-state index in [-0.39, 0.29) is 11.9 Å². The maximum Gasteiger partial charge on any atom is 0.252 e. The maximum absolute atomic E-state index is 12.4. The topological polar surface area (TPSA) is 42.2 Å². The molecule has 2 rings (SSSR count). The third kappa shape index (κ3) is 3.29. The molecule has 0 bridgehead atoms. The average molecular weight is 271 g/mol. The van der Waals surface area contributed by atoms with Crippen molar-refractivity contribution in [1.82, 2.24) is 5.32 Å². The molecule has 0 aliphatic carbocycles. The van der Waals surface area contributed by atoms with Crippen LogP contribution in [0.1, 0.15) is 39.5 Å². The molecule has 1 N–H and O–H groups in total. The first-order chi connectivity index (χ1) is 9.47. The molecule has 1 amide bonds. The summed E-state index contributed by atoms with van der Waals surface area (Å²) in [6, 6.07) is 6.08. The second kappa shape index (κ2) is 5.95. The molecule has 0 fully saturated rings. The molecule has 0 aliphatic rings. The lowest BCUT2D eigenvalue weighted by atomic mass is 9.98. The van der Waals surface area contributed by atoms with Crippen LogP contribution in [0.5, 0.6) is 0 Å². The highest BCUT2D eigenvalue weighted by atomic mass is 16.3. The minimum absolute atomic E-state index is 0.00371. The molecule has 3 nitrogen and oxygen atoms in total. The zero-order valence-electron chi connectivity index (χ0n) is 12.5. The lowest BCUT2D eigenvalue weighted by Crippen LogP contribution is -2.34. The number of rotatable bonds is 4. The Morgan fingerprint density at radius 2 is 1.90 bits per heavy atom. The summed E-state index contributed by atoms with van der Waals surface area (Å²) in [5, 5.41) is 3.05. The Kier molecular flexibility index (Phi) is 4.28. The van der Waals surface area contributed by atoms with Gasteiger partial charge in [0.1, 0.15) is 0 Å². The van der Waals surface area contributed by atoms with E-state index in [1.54, 1.807) is 12.5 Å². The Morgan fingerprint density at radius 1 is 1.25 bits per heavy atom. The van der Waals surface area contributed by atoms with Crippen molar-refractivity contribution >= 4 is 5.91 Å². The second-order valence-electron chi connectivity index (χ2n) is 5.48. The number of furan rings is 1. The summed E-state index contributed by atoms with van der Waals surface area (Å²) < 4.78 is 5.04. The highest BCUT2D eigenvalue weighted by molar-refractivity contribution is 5.97. The van der Waals surface area contributed by atoms with Crippen molar-refractivity contribution in [2.24, 2.45) is 0 Å². The number of carbonyl (C=O) groups excluding carboxylic acids is 1. The highest BCUT2D eigenvalue weighted by Crippen LogP contribution is 2.16. The van der Waals surface area contributed by atoms with Gasteiger partial charge in [-0.3, -0.25) is 4.79 Å². The number of benzene rings is 1. The van der Waals surface area contributed by atoms with E-state index in [9.17, 15) is 4.79 Å². The molecule has 1 heterocycles. The minimum atomic E-state index is -0.00371. The average Bonchev–Trinajstić information content (AvgIpc) is 2.79. The highest BCUT2D eigenvalue weighted by Gasteiger charge is 2.15. The third-order valence-electron chi connectivity index (χ3n) is 3.40. The molecule has 0 spiro atoms. The molecule has 0 radical (unpaired) electrons. The summed E-state index contributed by atoms with van der Waals surface area (Å²) in [4.78, 5) is 12.4. The minimum Gasteiger partial charge on any atom is -0.472 e. The Balaban J connectivity index is 2.08. The number of hydrogen-bond donors (Lipinski definition) is 1. The van der Waals surface area contributed by atoms with E-state index in [1.165, 1.54) is 5.56 Å². The predicted molar refractivity (Wildman–Crippen MR) is 80.0 cm³/mol. The summed E-state index contributed by atoms with van der Waals surface area (Å²) in [5.74, 6) is -0.00371. The summed E-state index contributed by atoms with van der Waals surface area (Å²) in [6.45, 7) is 8.01. The van der Waals surface area contributed by atoms with Crippen LogP contribution in [0.25, 0.3) is 0 Å². The normalized spacial score (nSPS) is 12.2. The largest absolute Gasteiger partial charge is 0.472 e. The summed E-state index contributed by atoms with van der Waals surface area (Å²) in [6.07, 6.45) is 4.13. The molecular weight excluding hydrogens is 250 g/mol. The smallest absolute Gasteiger partial charge is 0.252 e. The number of hydrogen-bond acceptors (Lipinski definition) is 2. The summed E-state index contributed by atoms with van der Waals surface area (Å²) in [7, 11) is 0. The van der Waals surface area contributed by atoms with Crippen molar-refractivity contribution in [1.29, 1.82) is 0 Å². The van der Waals surface area contributed by atoms with Crippen molar-refractivity contribution < 1.29 is 9.21 Å². The van der Waals surface area contributed by atoms with Crippen LogP contribution in [0, 0.1) is 20.8 Å². The van der Waals surface area contributed by atoms with Crippen LogP contribution in [0.2, 0.25) is 0 Å². The van der Waals surface area contributed by atoms with Crippen molar-refractivity contribution in [2.75, 3.05) is 0 Å². The molecule has 106 valence electrons. The summed E-state index contributed by atoms with van der Waals surface area (Å²) in [5.41, 5.74) is 5.11. The predicted octanol–water partition coefficient (Wildman–Crippen LogP) is 3.57. The van der Waals surface area contributed by atoms with Crippen LogP contribution in [0.3, 0.4) is 0 Å². The van der Waals surface area contributed by atoms with E-state index < -0.39 is 0 Å². The lowest BCUT2D eigenvalue weighted by molar-refractivity contribution is 0.0939. The first kappa shape index (κ1) is 14.4. The number of carbonyl (C=O) groups is 1. The Bertz CT molecular complexity index is 576. The molecule has 3 heteroatoms. The van der Waals surface area contributed by atoms with Crippen LogP contribution < -0.4 is 5.32 Å². The molecule has 1 atom stereocenters. The maximum atomic E-state index is 12.4. The first-order valence-electron chi connectivity index (χ1n) is 6.87. The monoisotopic (exact) mass is 271 g/mol. The van der Waals surface area contributed by atoms with Gasteiger partial charge in [-0.1, -0.05) is 17.7 Å². The van der Waals surface area contributed by atoms with E-state index in [0.29, 0.717) is 0 Å². The Labute approximate surface area is 120 Å². The van der Waals surface area contributed by atoms with Gasteiger partial charge in [-0.25, -0.2) is 0 Å². The van der Waals surface area contributed by atoms with Crippen molar-refractivity contribution in [3.05, 3.63) is 58.5 Å². The number of nitrogens with one attached hydrogen (secondary N) is 1. The van der Waals surface area contributed by atoms with Crippen LogP contribution in [0.4, 0.5) is 0 Å². The Hall–Kier alpha value is -2.03. The van der Waals surface area contributed by atoms with Gasteiger partial charge in [0.2, 0.25) is 0 Å². The molecule has 1 unspecified atom stereocenters. The number of amides is 1. The zero-order chi connectivity index (χ0) is 14.7. The van der Waals surface area contributed by atoms with E-state index in [1.807, 2.05) is 45.9 Å². The van der Waals surface area contributed by atoms with Crippen LogP contribution >= 0.6 is 0 Å². The quantitative estimate of drug-likeness (QED) is 0.923. The van der Waals surface area contributed by atoms with Gasteiger partial charge in [0.25, 0.3) is 5.91 Å². The van der Waals surface area contributed by atoms with Gasteiger partial charge < -0.3 is 9.73 Å². The van der Waals surface area contributed by atoms with E-state index in [4.69, 9.17) is 4.42 Å². The summed E-state index contributed by atoms with van der Waals surface area (Å²) >= 11 is 0. The standard InChI is InChI=1S/C17H21NO2/c1-11-7-12(2)16(13(3)8-11)17(19)18-14(4)9-15-5-6-20-10-15/h5-8,10,14H,9H2,1-4H3,(H,18,19). The third-order valence-corrected chi connectivity index (χ3v) is 3.40. The fourth-order valence-corrected chi connectivity index (χ4v) is 2.65. The molecule has 20 heavy (non-hydrogen) atoms. The molecular formula is C17H21NO2. The van der Waals surface area contributed by atoms with Gasteiger partial charge in [-0.15, -0.1) is 0 Å². The molecule has 1 aromatic carbocycles. The van der Waals surface area contributed by atoms with E-state index >= 15 is 0 Å². The van der Waals surface area contributed by atoms with Crippen LogP contribution in [0.15, 0.2) is 35.1 Å². The van der Waals surface area contributed by atoms with Crippen LogP contribution in [-0.2, 0) is 6.42 Å². The van der Waals surface area contributed by atoms with Gasteiger partial charge in [0.05, 0.1) is 12.5 Å². The van der Waals surface area contributed by atoms with Crippen molar-refractivity contribution in [3.8, 4) is 0 Å². The van der Waals surface area contributed by atoms with Gasteiger partial charge >= 0.3 is 0 Å². The van der Waals surface area contributed by atoms with Gasteiger partial charge in [0.15, 0.2) is 0 Å². The van der Waals surface area contributed by atoms with Gasteiger partial charge in [-0.05, 0) is 56.9 Å². The fraction of sp³-hybridized carbons (Fsp3) is 0.353. The molecule has 1 aromatic heterocycles. The first-order valence-corrected chi connectivity index (χ1v) is 6.87. The van der Waals surface area contributed by atoms with Gasteiger partial charge in [-0.2, -0.15) is 0 Å².